The number of fused-ring (bicyclic) bond motifs is 12. The molecule has 0 radical (unpaired) electrons. The molecule has 242 valence electrons. The van der Waals surface area contributed by atoms with Crippen LogP contribution in [0, 0.1) is 0 Å². The smallest absolute Gasteiger partial charge is 0.235 e. The molecule has 4 heteroatoms. The Hall–Kier alpha value is -7.04. The Morgan fingerprint density at radius 3 is 1.52 bits per heavy atom. The zero-order valence-corrected chi connectivity index (χ0v) is 28.1. The summed E-state index contributed by atoms with van der Waals surface area (Å²) in [6.07, 6.45) is 0. The molecule has 4 heterocycles. The van der Waals surface area contributed by atoms with Crippen LogP contribution >= 0.6 is 0 Å². The third-order valence-corrected chi connectivity index (χ3v) is 10.5. The fourth-order valence-electron chi connectivity index (χ4n) is 8.15. The molecule has 52 heavy (non-hydrogen) atoms. The van der Waals surface area contributed by atoms with Gasteiger partial charge < -0.3 is 4.40 Å². The fraction of sp³-hybridized carbons (Fsp3) is 0. The summed E-state index contributed by atoms with van der Waals surface area (Å²) in [6.45, 7) is 0. The van der Waals surface area contributed by atoms with Crippen LogP contribution in [0.25, 0.3) is 99.5 Å². The molecule has 0 amide bonds. The summed E-state index contributed by atoms with van der Waals surface area (Å²) in [7, 11) is 0. The maximum atomic E-state index is 5.36. The van der Waals surface area contributed by atoms with Gasteiger partial charge in [0.2, 0.25) is 5.95 Å². The van der Waals surface area contributed by atoms with E-state index in [0.29, 0.717) is 5.95 Å². The molecule has 0 aliphatic rings. The Bertz CT molecular complexity index is 3100. The van der Waals surface area contributed by atoms with E-state index in [9.17, 15) is 0 Å². The van der Waals surface area contributed by atoms with Gasteiger partial charge in [-0.05, 0) is 52.9 Å². The first-order valence-electron chi connectivity index (χ1n) is 17.7. The number of hydrogen-bond donors (Lipinski definition) is 0. The van der Waals surface area contributed by atoms with Gasteiger partial charge in [-0.3, -0.25) is 4.57 Å². The molecule has 0 saturated heterocycles. The number of nitrogens with zero attached hydrogens (tertiary/aromatic N) is 4. The third-order valence-electron chi connectivity index (χ3n) is 10.5. The van der Waals surface area contributed by atoms with Crippen LogP contribution in [-0.2, 0) is 0 Å². The second kappa shape index (κ2) is 11.2. The lowest BCUT2D eigenvalue weighted by Gasteiger charge is -2.12. The zero-order chi connectivity index (χ0) is 34.2. The van der Waals surface area contributed by atoms with E-state index in [0.717, 1.165) is 44.5 Å². The third kappa shape index (κ3) is 4.28. The standard InChI is InChI=1S/C48H30N4/c1-4-14-31(15-5-1)34-24-26-44-39(28-34)38-25-27-45-40(29-46-37-22-11-10-20-35(37)36-21-12-13-23-43(36)51(45)46)47(38)52(44)48-49-41(32-16-6-2-7-17-32)30-42(50-48)33-18-8-3-9-19-33/h1-30H. The highest BCUT2D eigenvalue weighted by Crippen LogP contribution is 2.42. The van der Waals surface area contributed by atoms with Crippen LogP contribution in [0.5, 0.6) is 0 Å². The molecule has 0 spiro atoms. The van der Waals surface area contributed by atoms with Crippen molar-refractivity contribution in [2.75, 3.05) is 0 Å². The average molecular weight is 663 g/mol. The monoisotopic (exact) mass is 662 g/mol. The van der Waals surface area contributed by atoms with Gasteiger partial charge in [-0.15, -0.1) is 0 Å². The van der Waals surface area contributed by atoms with Crippen molar-refractivity contribution in [1.82, 2.24) is 18.9 Å². The van der Waals surface area contributed by atoms with Crippen molar-refractivity contribution in [3.8, 4) is 39.6 Å². The van der Waals surface area contributed by atoms with Gasteiger partial charge in [0, 0.05) is 38.1 Å². The molecule has 7 aromatic carbocycles. The summed E-state index contributed by atoms with van der Waals surface area (Å²) >= 11 is 0. The normalized spacial score (nSPS) is 11.8. The maximum Gasteiger partial charge on any atom is 0.235 e. The van der Waals surface area contributed by atoms with E-state index < -0.39 is 0 Å². The average Bonchev–Trinajstić information content (AvgIpc) is 3.78. The van der Waals surface area contributed by atoms with Crippen molar-refractivity contribution in [3.05, 3.63) is 182 Å². The highest BCUT2D eigenvalue weighted by Gasteiger charge is 2.22. The predicted molar refractivity (Wildman–Crippen MR) is 216 cm³/mol. The summed E-state index contributed by atoms with van der Waals surface area (Å²) in [4.78, 5) is 10.7. The molecule has 0 atom stereocenters. The van der Waals surface area contributed by atoms with Crippen LogP contribution in [0.2, 0.25) is 0 Å². The minimum absolute atomic E-state index is 0.644. The first kappa shape index (κ1) is 28.8. The van der Waals surface area contributed by atoms with Gasteiger partial charge in [-0.1, -0.05) is 146 Å². The number of pyridine rings is 1. The highest BCUT2D eigenvalue weighted by atomic mass is 15.2. The van der Waals surface area contributed by atoms with Crippen molar-refractivity contribution in [3.63, 3.8) is 0 Å². The molecule has 4 nitrogen and oxygen atoms in total. The number of aromatic nitrogens is 4. The van der Waals surface area contributed by atoms with E-state index in [2.05, 4.69) is 179 Å². The van der Waals surface area contributed by atoms with Crippen LogP contribution in [0.1, 0.15) is 0 Å². The van der Waals surface area contributed by atoms with Crippen molar-refractivity contribution in [2.45, 2.75) is 0 Å². The summed E-state index contributed by atoms with van der Waals surface area (Å²) in [6, 6.07) is 64.8. The number of hydrogen-bond acceptors (Lipinski definition) is 2. The zero-order valence-electron chi connectivity index (χ0n) is 28.1. The highest BCUT2D eigenvalue weighted by molar-refractivity contribution is 6.23. The topological polar surface area (TPSA) is 35.1 Å². The van der Waals surface area contributed by atoms with Gasteiger partial charge >= 0.3 is 0 Å². The molecular formula is C48H30N4. The first-order chi connectivity index (χ1) is 25.8. The van der Waals surface area contributed by atoms with Gasteiger partial charge in [-0.2, -0.15) is 0 Å². The predicted octanol–water partition coefficient (Wildman–Crippen LogP) is 12.3. The Kier molecular flexibility index (Phi) is 6.22. The van der Waals surface area contributed by atoms with Crippen molar-refractivity contribution in [1.29, 1.82) is 0 Å². The Labute approximate surface area is 299 Å². The van der Waals surface area contributed by atoms with E-state index in [-0.39, 0.29) is 0 Å². The lowest BCUT2D eigenvalue weighted by atomic mass is 10.0. The molecule has 11 rings (SSSR count). The summed E-state index contributed by atoms with van der Waals surface area (Å²) in [5.74, 6) is 0.644. The Balaban J connectivity index is 1.31. The number of rotatable bonds is 4. The van der Waals surface area contributed by atoms with Gasteiger partial charge in [0.25, 0.3) is 0 Å². The van der Waals surface area contributed by atoms with Crippen LogP contribution < -0.4 is 0 Å². The van der Waals surface area contributed by atoms with E-state index >= 15 is 0 Å². The molecule has 4 aromatic heterocycles. The molecule has 11 aromatic rings. The molecule has 0 bridgehead atoms. The van der Waals surface area contributed by atoms with Crippen LogP contribution in [-0.4, -0.2) is 18.9 Å². The Morgan fingerprint density at radius 1 is 0.308 bits per heavy atom. The second-order valence-corrected chi connectivity index (χ2v) is 13.4. The molecule has 0 unspecified atom stereocenters. The van der Waals surface area contributed by atoms with Gasteiger partial charge in [0.1, 0.15) is 0 Å². The van der Waals surface area contributed by atoms with Gasteiger partial charge in [0.15, 0.2) is 0 Å². The lowest BCUT2D eigenvalue weighted by molar-refractivity contribution is 0.998. The SMILES string of the molecule is c1ccc(-c2ccc3c(c2)c2ccc4c(cc5c6ccccc6c6ccccc6n54)c2n3-c2nc(-c3ccccc3)cc(-c3ccccc3)n2)cc1. The van der Waals surface area contributed by atoms with Crippen LogP contribution in [0.15, 0.2) is 182 Å². The van der Waals surface area contributed by atoms with E-state index in [1.54, 1.807) is 0 Å². The van der Waals surface area contributed by atoms with Crippen LogP contribution in [0.4, 0.5) is 0 Å². The molecule has 0 fully saturated rings. The van der Waals surface area contributed by atoms with E-state index in [1.165, 1.54) is 49.1 Å². The molecule has 0 saturated carbocycles. The van der Waals surface area contributed by atoms with Gasteiger partial charge in [0.05, 0.1) is 39.0 Å². The fourth-order valence-corrected chi connectivity index (χ4v) is 8.15. The summed E-state index contributed by atoms with van der Waals surface area (Å²) in [5, 5.41) is 7.21. The summed E-state index contributed by atoms with van der Waals surface area (Å²) < 4.78 is 4.73. The molecule has 0 aliphatic carbocycles. The molecule has 0 aliphatic heterocycles. The lowest BCUT2D eigenvalue weighted by Crippen LogP contribution is -2.04. The van der Waals surface area contributed by atoms with Crippen LogP contribution in [0.3, 0.4) is 0 Å². The number of benzene rings is 7. The second-order valence-electron chi connectivity index (χ2n) is 13.4. The number of para-hydroxylation sites is 1. The minimum atomic E-state index is 0.644. The van der Waals surface area contributed by atoms with Crippen molar-refractivity contribution < 1.29 is 0 Å². The Morgan fingerprint density at radius 2 is 0.846 bits per heavy atom. The van der Waals surface area contributed by atoms with E-state index in [4.69, 9.17) is 9.97 Å². The first-order valence-corrected chi connectivity index (χ1v) is 17.7. The minimum Gasteiger partial charge on any atom is -0.309 e. The quantitative estimate of drug-likeness (QED) is 0.176. The van der Waals surface area contributed by atoms with Crippen molar-refractivity contribution >= 4 is 59.9 Å². The van der Waals surface area contributed by atoms with Crippen molar-refractivity contribution in [2.24, 2.45) is 0 Å². The molecular weight excluding hydrogens is 633 g/mol. The summed E-state index contributed by atoms with van der Waals surface area (Å²) in [5.41, 5.74) is 11.9. The molecule has 0 N–H and O–H groups in total. The maximum absolute atomic E-state index is 5.36. The van der Waals surface area contributed by atoms with E-state index in [1.807, 2.05) is 12.1 Å². The largest absolute Gasteiger partial charge is 0.309 e. The van der Waals surface area contributed by atoms with Gasteiger partial charge in [-0.25, -0.2) is 9.97 Å².